The van der Waals surface area contributed by atoms with Crippen LogP contribution >= 0.6 is 0 Å². The van der Waals surface area contributed by atoms with Crippen molar-refractivity contribution < 1.29 is 0 Å². The van der Waals surface area contributed by atoms with Crippen molar-refractivity contribution in [2.45, 2.75) is 63.8 Å². The molecule has 1 aliphatic heterocycles. The molecule has 1 heterocycles. The lowest BCUT2D eigenvalue weighted by atomic mass is 9.56. The Morgan fingerprint density at radius 3 is 2.18 bits per heavy atom. The topological polar surface area (TPSA) is 29.3 Å². The van der Waals surface area contributed by atoms with Crippen LogP contribution in [0.15, 0.2) is 0 Å². The van der Waals surface area contributed by atoms with Crippen molar-refractivity contribution in [1.29, 1.82) is 0 Å². The third-order valence-corrected chi connectivity index (χ3v) is 5.90. The Hall–Kier alpha value is -0.0800. The zero-order chi connectivity index (χ0) is 11.7. The minimum Gasteiger partial charge on any atom is -0.330 e. The number of nitrogens with zero attached hydrogens (tertiary/aromatic N) is 1. The van der Waals surface area contributed by atoms with Gasteiger partial charge in [0.2, 0.25) is 0 Å². The molecular formula is C15H28N2. The second-order valence-electron chi connectivity index (χ2n) is 6.69. The Labute approximate surface area is 106 Å². The normalized spacial score (nSPS) is 34.8. The first-order valence-corrected chi connectivity index (χ1v) is 7.78. The van der Waals surface area contributed by atoms with Gasteiger partial charge in [0.25, 0.3) is 0 Å². The molecule has 2 heteroatoms. The first kappa shape index (κ1) is 12.0. The van der Waals surface area contributed by atoms with Gasteiger partial charge in [-0.15, -0.1) is 0 Å². The van der Waals surface area contributed by atoms with Gasteiger partial charge in [0, 0.05) is 6.04 Å². The standard InChI is InChI=1S/C15H28N2/c16-12-13-5-10-17(11-6-13)14-4-9-15(14)7-2-1-3-8-15/h13-14H,1-12,16H2. The van der Waals surface area contributed by atoms with E-state index in [2.05, 4.69) is 4.90 Å². The Balaban J connectivity index is 1.58. The molecule has 0 aromatic heterocycles. The number of nitrogens with two attached hydrogens (primary N) is 1. The average Bonchev–Trinajstić information content (AvgIpc) is 2.39. The molecule has 0 aromatic rings. The van der Waals surface area contributed by atoms with Crippen molar-refractivity contribution in [3.8, 4) is 0 Å². The van der Waals surface area contributed by atoms with Crippen molar-refractivity contribution >= 4 is 0 Å². The van der Waals surface area contributed by atoms with Crippen LogP contribution in [0.5, 0.6) is 0 Å². The molecule has 2 aliphatic carbocycles. The Morgan fingerprint density at radius 2 is 1.65 bits per heavy atom. The van der Waals surface area contributed by atoms with E-state index < -0.39 is 0 Å². The molecule has 2 nitrogen and oxygen atoms in total. The van der Waals surface area contributed by atoms with Crippen molar-refractivity contribution in [1.82, 2.24) is 4.90 Å². The van der Waals surface area contributed by atoms with Gasteiger partial charge in [0.1, 0.15) is 0 Å². The molecule has 98 valence electrons. The summed E-state index contributed by atoms with van der Waals surface area (Å²) >= 11 is 0. The quantitative estimate of drug-likeness (QED) is 0.799. The van der Waals surface area contributed by atoms with Crippen LogP contribution in [0.25, 0.3) is 0 Å². The van der Waals surface area contributed by atoms with E-state index in [1.54, 1.807) is 0 Å². The zero-order valence-corrected chi connectivity index (χ0v) is 11.2. The van der Waals surface area contributed by atoms with Crippen LogP contribution in [0, 0.1) is 11.3 Å². The van der Waals surface area contributed by atoms with Crippen molar-refractivity contribution in [3.63, 3.8) is 0 Å². The minimum atomic E-state index is 0.758. The monoisotopic (exact) mass is 236 g/mol. The van der Waals surface area contributed by atoms with Crippen LogP contribution in [0.4, 0.5) is 0 Å². The van der Waals surface area contributed by atoms with Crippen LogP contribution in [0.2, 0.25) is 0 Å². The minimum absolute atomic E-state index is 0.758. The van der Waals surface area contributed by atoms with E-state index in [1.807, 2.05) is 0 Å². The highest BCUT2D eigenvalue weighted by molar-refractivity contribution is 5.03. The van der Waals surface area contributed by atoms with Gasteiger partial charge in [0.05, 0.1) is 0 Å². The summed E-state index contributed by atoms with van der Waals surface area (Å²) in [5.74, 6) is 0.814. The molecule has 3 fully saturated rings. The summed E-state index contributed by atoms with van der Waals surface area (Å²) in [4.78, 5) is 2.82. The van der Waals surface area contributed by atoms with Crippen molar-refractivity contribution in [2.75, 3.05) is 19.6 Å². The maximum Gasteiger partial charge on any atom is 0.0152 e. The molecule has 1 atom stereocenters. The molecule has 2 N–H and O–H groups in total. The van der Waals surface area contributed by atoms with Crippen LogP contribution in [0.1, 0.15) is 57.8 Å². The summed E-state index contributed by atoms with van der Waals surface area (Å²) in [6.07, 6.45) is 13.2. The number of hydrogen-bond acceptors (Lipinski definition) is 2. The maximum absolute atomic E-state index is 5.79. The highest BCUT2D eigenvalue weighted by Gasteiger charge is 2.49. The summed E-state index contributed by atoms with van der Waals surface area (Å²) in [7, 11) is 0. The van der Waals surface area contributed by atoms with E-state index in [4.69, 9.17) is 5.73 Å². The highest BCUT2D eigenvalue weighted by Crippen LogP contribution is 2.54. The fraction of sp³-hybridized carbons (Fsp3) is 1.00. The molecule has 0 bridgehead atoms. The number of rotatable bonds is 2. The van der Waals surface area contributed by atoms with Gasteiger partial charge >= 0.3 is 0 Å². The third kappa shape index (κ3) is 2.15. The zero-order valence-electron chi connectivity index (χ0n) is 11.2. The van der Waals surface area contributed by atoms with E-state index >= 15 is 0 Å². The molecule has 1 saturated heterocycles. The molecule has 17 heavy (non-hydrogen) atoms. The molecule has 3 rings (SSSR count). The molecule has 1 unspecified atom stereocenters. The van der Waals surface area contributed by atoms with Gasteiger partial charge < -0.3 is 5.73 Å². The van der Waals surface area contributed by atoms with Gasteiger partial charge in [-0.1, -0.05) is 19.3 Å². The lowest BCUT2D eigenvalue weighted by Gasteiger charge is -2.57. The van der Waals surface area contributed by atoms with Crippen molar-refractivity contribution in [2.24, 2.45) is 17.1 Å². The van der Waals surface area contributed by atoms with E-state index in [1.165, 1.54) is 70.9 Å². The molecular weight excluding hydrogens is 208 g/mol. The largest absolute Gasteiger partial charge is 0.330 e. The second kappa shape index (κ2) is 4.89. The predicted octanol–water partition coefficient (Wildman–Crippen LogP) is 2.77. The maximum atomic E-state index is 5.79. The lowest BCUT2D eigenvalue weighted by Crippen LogP contribution is -2.57. The Kier molecular flexibility index (Phi) is 3.45. The lowest BCUT2D eigenvalue weighted by molar-refractivity contribution is -0.0638. The third-order valence-electron chi connectivity index (χ3n) is 5.90. The molecule has 3 aliphatic rings. The highest BCUT2D eigenvalue weighted by atomic mass is 15.2. The molecule has 0 aromatic carbocycles. The number of likely N-dealkylation sites (tertiary alicyclic amines) is 1. The number of piperidine rings is 1. The van der Waals surface area contributed by atoms with Crippen LogP contribution in [-0.2, 0) is 0 Å². The predicted molar refractivity (Wildman–Crippen MR) is 71.9 cm³/mol. The van der Waals surface area contributed by atoms with Gasteiger partial charge in [0.15, 0.2) is 0 Å². The first-order valence-electron chi connectivity index (χ1n) is 7.78. The molecule has 1 spiro atoms. The number of hydrogen-bond donors (Lipinski definition) is 1. The summed E-state index contributed by atoms with van der Waals surface area (Å²) in [5.41, 5.74) is 6.55. The summed E-state index contributed by atoms with van der Waals surface area (Å²) in [6, 6.07) is 0.946. The van der Waals surface area contributed by atoms with Gasteiger partial charge in [-0.3, -0.25) is 4.90 Å². The summed E-state index contributed by atoms with van der Waals surface area (Å²) in [6.45, 7) is 3.56. The van der Waals surface area contributed by atoms with Crippen LogP contribution in [0.3, 0.4) is 0 Å². The SMILES string of the molecule is NCC1CCN(C2CCC23CCCCC3)CC1. The van der Waals surface area contributed by atoms with E-state index in [0.29, 0.717) is 0 Å². The van der Waals surface area contributed by atoms with Gasteiger partial charge in [-0.2, -0.15) is 0 Å². The van der Waals surface area contributed by atoms with Gasteiger partial charge in [-0.25, -0.2) is 0 Å². The molecule has 0 amide bonds. The van der Waals surface area contributed by atoms with Crippen LogP contribution in [-0.4, -0.2) is 30.6 Å². The fourth-order valence-electron chi connectivity index (χ4n) is 4.59. The van der Waals surface area contributed by atoms with Crippen molar-refractivity contribution in [3.05, 3.63) is 0 Å². The summed E-state index contributed by atoms with van der Waals surface area (Å²) < 4.78 is 0. The average molecular weight is 236 g/mol. The van der Waals surface area contributed by atoms with E-state index in [9.17, 15) is 0 Å². The fourth-order valence-corrected chi connectivity index (χ4v) is 4.59. The Bertz CT molecular complexity index is 250. The van der Waals surface area contributed by atoms with E-state index in [0.717, 1.165) is 23.9 Å². The molecule has 0 radical (unpaired) electrons. The Morgan fingerprint density at radius 1 is 0.941 bits per heavy atom. The second-order valence-corrected chi connectivity index (χ2v) is 6.69. The van der Waals surface area contributed by atoms with Gasteiger partial charge in [-0.05, 0) is 69.5 Å². The first-order chi connectivity index (χ1) is 8.34. The van der Waals surface area contributed by atoms with Crippen LogP contribution < -0.4 is 5.73 Å². The smallest absolute Gasteiger partial charge is 0.0152 e. The molecule has 2 saturated carbocycles. The summed E-state index contributed by atoms with van der Waals surface area (Å²) in [5, 5.41) is 0. The van der Waals surface area contributed by atoms with E-state index in [-0.39, 0.29) is 0 Å².